The molecule has 2 rings (SSSR count). The van der Waals surface area contributed by atoms with Gasteiger partial charge in [0.25, 0.3) is 0 Å². The van der Waals surface area contributed by atoms with Crippen LogP contribution in [0.4, 0.5) is 0 Å². The van der Waals surface area contributed by atoms with Crippen molar-refractivity contribution < 1.29 is 19.4 Å². The Bertz CT molecular complexity index is 339. The third-order valence-corrected chi connectivity index (χ3v) is 4.13. The van der Waals surface area contributed by atoms with Gasteiger partial charge in [-0.3, -0.25) is 9.59 Å². The summed E-state index contributed by atoms with van der Waals surface area (Å²) in [6.07, 6.45) is -0.311. The first kappa shape index (κ1) is 13.6. The van der Waals surface area contributed by atoms with E-state index in [0.717, 1.165) is 0 Å². The van der Waals surface area contributed by atoms with E-state index in [4.69, 9.17) is 9.84 Å². The maximum absolute atomic E-state index is 12.2. The monoisotopic (exact) mass is 274 g/mol. The molecule has 0 aliphatic carbocycles. The molecular weight excluding hydrogens is 256 g/mol. The van der Waals surface area contributed by atoms with Crippen LogP contribution in [0.3, 0.4) is 0 Å². The van der Waals surface area contributed by atoms with Crippen LogP contribution in [0, 0.1) is 0 Å². The van der Waals surface area contributed by atoms with Crippen LogP contribution in [-0.4, -0.2) is 76.8 Å². The zero-order valence-corrected chi connectivity index (χ0v) is 11.2. The van der Waals surface area contributed by atoms with Gasteiger partial charge in [-0.05, 0) is 6.92 Å². The molecule has 2 amide bonds. The van der Waals surface area contributed by atoms with E-state index in [0.29, 0.717) is 24.8 Å². The van der Waals surface area contributed by atoms with Crippen molar-refractivity contribution in [2.45, 2.75) is 19.1 Å². The van der Waals surface area contributed by atoms with E-state index in [9.17, 15) is 9.59 Å². The zero-order valence-electron chi connectivity index (χ0n) is 10.4. The van der Waals surface area contributed by atoms with E-state index < -0.39 is 0 Å². The number of aliphatic hydroxyl groups is 1. The van der Waals surface area contributed by atoms with Crippen LogP contribution in [-0.2, 0) is 14.3 Å². The van der Waals surface area contributed by atoms with Crippen LogP contribution in [0.25, 0.3) is 0 Å². The van der Waals surface area contributed by atoms with Gasteiger partial charge in [0.05, 0.1) is 37.0 Å². The van der Waals surface area contributed by atoms with E-state index in [1.54, 1.807) is 9.80 Å². The summed E-state index contributed by atoms with van der Waals surface area (Å²) in [6.45, 7) is 2.78. The minimum Gasteiger partial charge on any atom is -0.394 e. The van der Waals surface area contributed by atoms with Gasteiger partial charge in [0.1, 0.15) is 6.54 Å². The fourth-order valence-electron chi connectivity index (χ4n) is 2.07. The Balaban J connectivity index is 1.92. The Morgan fingerprint density at radius 2 is 2.39 bits per heavy atom. The molecule has 2 atom stereocenters. The van der Waals surface area contributed by atoms with Gasteiger partial charge in [0.2, 0.25) is 11.8 Å². The van der Waals surface area contributed by atoms with E-state index >= 15 is 0 Å². The molecule has 2 aliphatic rings. The first-order valence-electron chi connectivity index (χ1n) is 5.99. The minimum absolute atomic E-state index is 0.00865. The van der Waals surface area contributed by atoms with E-state index in [1.165, 1.54) is 11.8 Å². The molecule has 0 aromatic heterocycles. The summed E-state index contributed by atoms with van der Waals surface area (Å²) in [5.41, 5.74) is 0. The van der Waals surface area contributed by atoms with Crippen molar-refractivity contribution in [1.82, 2.24) is 9.80 Å². The van der Waals surface area contributed by atoms with E-state index in [-0.39, 0.29) is 37.1 Å². The summed E-state index contributed by atoms with van der Waals surface area (Å²) < 4.78 is 5.38. The molecule has 0 spiro atoms. The Morgan fingerprint density at radius 3 is 3.00 bits per heavy atom. The first-order chi connectivity index (χ1) is 8.61. The molecule has 0 aromatic carbocycles. The average Bonchev–Trinajstić information content (AvgIpc) is 2.75. The van der Waals surface area contributed by atoms with Crippen LogP contribution >= 0.6 is 11.8 Å². The summed E-state index contributed by atoms with van der Waals surface area (Å²) in [7, 11) is 0. The summed E-state index contributed by atoms with van der Waals surface area (Å²) in [5, 5.41) is 9.07. The SMILES string of the molecule is CC1COC(CO)CN1C(=O)CN1CSCC1=O. The summed E-state index contributed by atoms with van der Waals surface area (Å²) in [4.78, 5) is 26.9. The number of amides is 2. The van der Waals surface area contributed by atoms with Gasteiger partial charge in [-0.25, -0.2) is 0 Å². The van der Waals surface area contributed by atoms with Crippen molar-refractivity contribution in [3.05, 3.63) is 0 Å². The lowest BCUT2D eigenvalue weighted by Crippen LogP contribution is -2.54. The van der Waals surface area contributed by atoms with Crippen molar-refractivity contribution >= 4 is 23.6 Å². The topological polar surface area (TPSA) is 70.1 Å². The maximum Gasteiger partial charge on any atom is 0.242 e. The largest absolute Gasteiger partial charge is 0.394 e. The first-order valence-corrected chi connectivity index (χ1v) is 7.14. The second-order valence-corrected chi connectivity index (χ2v) is 5.56. The summed E-state index contributed by atoms with van der Waals surface area (Å²) in [6, 6.07) is -0.00865. The van der Waals surface area contributed by atoms with Gasteiger partial charge in [0, 0.05) is 6.54 Å². The van der Waals surface area contributed by atoms with Crippen molar-refractivity contribution in [2.75, 3.05) is 37.9 Å². The third kappa shape index (κ3) is 2.96. The predicted molar refractivity (Wildman–Crippen MR) is 67.0 cm³/mol. The van der Waals surface area contributed by atoms with Gasteiger partial charge >= 0.3 is 0 Å². The number of thioether (sulfide) groups is 1. The number of morpholine rings is 1. The molecule has 0 saturated carbocycles. The summed E-state index contributed by atoms with van der Waals surface area (Å²) in [5.74, 6) is 1.01. The Labute approximate surface area is 110 Å². The number of hydrogen-bond acceptors (Lipinski definition) is 5. The van der Waals surface area contributed by atoms with Gasteiger partial charge in [-0.15, -0.1) is 11.8 Å². The number of aliphatic hydroxyl groups excluding tert-OH is 1. The number of carbonyl (C=O) groups is 2. The molecule has 6 nitrogen and oxygen atoms in total. The van der Waals surface area contributed by atoms with Gasteiger partial charge in [-0.1, -0.05) is 0 Å². The second-order valence-electron chi connectivity index (χ2n) is 4.60. The molecule has 0 radical (unpaired) electrons. The molecule has 2 heterocycles. The average molecular weight is 274 g/mol. The highest BCUT2D eigenvalue weighted by molar-refractivity contribution is 8.00. The lowest BCUT2D eigenvalue weighted by Gasteiger charge is -2.38. The highest BCUT2D eigenvalue weighted by Crippen LogP contribution is 2.17. The standard InChI is InChI=1S/C11H18N2O4S/c1-8-5-17-9(4-14)2-13(8)10(15)3-12-7-18-6-11(12)16/h8-9,14H,2-7H2,1H3. The van der Waals surface area contributed by atoms with Crippen LogP contribution in [0.2, 0.25) is 0 Å². The van der Waals surface area contributed by atoms with Crippen molar-refractivity contribution in [2.24, 2.45) is 0 Å². The Hall–Kier alpha value is -0.790. The highest BCUT2D eigenvalue weighted by Gasteiger charge is 2.31. The fraction of sp³-hybridized carbons (Fsp3) is 0.818. The molecule has 0 aromatic rings. The molecule has 18 heavy (non-hydrogen) atoms. The number of rotatable bonds is 3. The molecule has 102 valence electrons. The third-order valence-electron chi connectivity index (χ3n) is 3.18. The molecule has 1 N–H and O–H groups in total. The highest BCUT2D eigenvalue weighted by atomic mass is 32.2. The van der Waals surface area contributed by atoms with Crippen molar-refractivity contribution in [3.63, 3.8) is 0 Å². The molecule has 2 aliphatic heterocycles. The smallest absolute Gasteiger partial charge is 0.242 e. The van der Waals surface area contributed by atoms with Gasteiger partial charge in [-0.2, -0.15) is 0 Å². The normalized spacial score (nSPS) is 28.9. The lowest BCUT2D eigenvalue weighted by atomic mass is 10.2. The number of ether oxygens (including phenoxy) is 1. The van der Waals surface area contributed by atoms with Crippen LogP contribution < -0.4 is 0 Å². The fourth-order valence-corrected chi connectivity index (χ4v) is 2.97. The number of carbonyl (C=O) groups excluding carboxylic acids is 2. The maximum atomic E-state index is 12.2. The number of hydrogen-bond donors (Lipinski definition) is 1. The minimum atomic E-state index is -0.311. The molecule has 7 heteroatoms. The zero-order chi connectivity index (χ0) is 13.1. The van der Waals surface area contributed by atoms with E-state index in [2.05, 4.69) is 0 Å². The molecule has 2 saturated heterocycles. The quantitative estimate of drug-likeness (QED) is 0.724. The van der Waals surface area contributed by atoms with Gasteiger partial charge < -0.3 is 19.6 Å². The molecule has 2 fully saturated rings. The molecule has 2 unspecified atom stereocenters. The Morgan fingerprint density at radius 1 is 1.61 bits per heavy atom. The second kappa shape index (κ2) is 5.90. The number of nitrogens with zero attached hydrogens (tertiary/aromatic N) is 2. The van der Waals surface area contributed by atoms with Crippen molar-refractivity contribution in [1.29, 1.82) is 0 Å². The predicted octanol–water partition coefficient (Wildman–Crippen LogP) is -0.872. The summed E-state index contributed by atoms with van der Waals surface area (Å²) >= 11 is 1.53. The molecular formula is C11H18N2O4S. The Kier molecular flexibility index (Phi) is 4.47. The van der Waals surface area contributed by atoms with Crippen LogP contribution in [0.15, 0.2) is 0 Å². The van der Waals surface area contributed by atoms with Gasteiger partial charge in [0.15, 0.2) is 0 Å². The van der Waals surface area contributed by atoms with Crippen LogP contribution in [0.1, 0.15) is 6.92 Å². The van der Waals surface area contributed by atoms with Crippen molar-refractivity contribution in [3.8, 4) is 0 Å². The van der Waals surface area contributed by atoms with E-state index in [1.807, 2.05) is 6.92 Å². The lowest BCUT2D eigenvalue weighted by molar-refractivity contribution is -0.149. The van der Waals surface area contributed by atoms with Crippen LogP contribution in [0.5, 0.6) is 0 Å². The molecule has 0 bridgehead atoms.